The predicted octanol–water partition coefficient (Wildman–Crippen LogP) is 0.746. The van der Waals surface area contributed by atoms with Crippen LogP contribution >= 0.6 is 0 Å². The van der Waals surface area contributed by atoms with Gasteiger partial charge in [-0.2, -0.15) is 0 Å². The zero-order valence-corrected chi connectivity index (χ0v) is 4.52. The molecule has 0 aliphatic carbocycles. The molecule has 0 aromatic heterocycles. The van der Waals surface area contributed by atoms with E-state index in [0.717, 1.165) is 5.56 Å². The molecule has 0 unspecified atom stereocenters. The van der Waals surface area contributed by atoms with Gasteiger partial charge >= 0.3 is 0 Å². The highest BCUT2D eigenvalue weighted by atomic mass is 14.5. The number of hydrogen-bond acceptors (Lipinski definition) is 1. The molecule has 0 saturated carbocycles. The van der Waals surface area contributed by atoms with Crippen molar-refractivity contribution in [1.82, 2.24) is 0 Å². The molecule has 0 heterocycles. The highest BCUT2D eigenvalue weighted by Crippen LogP contribution is 1.92. The molecule has 1 heteroatoms. The van der Waals surface area contributed by atoms with Gasteiger partial charge in [0, 0.05) is 6.54 Å². The summed E-state index contributed by atoms with van der Waals surface area (Å²) in [4.78, 5) is 0. The van der Waals surface area contributed by atoms with Crippen LogP contribution in [0.5, 0.6) is 0 Å². The molecule has 40 valence electrons. The third kappa shape index (κ3) is 1.07. The van der Waals surface area contributed by atoms with E-state index in [-0.39, 0.29) is 0 Å². The van der Waals surface area contributed by atoms with E-state index >= 15 is 0 Å². The normalized spacial score (nSPS) is 9.12. The molecule has 2 N–H and O–H groups in total. The molecule has 0 aliphatic rings. The quantitative estimate of drug-likeness (QED) is 0.560. The first-order valence-corrected chi connectivity index (χ1v) is 2.50. The van der Waals surface area contributed by atoms with Crippen molar-refractivity contribution in [2.45, 2.75) is 6.54 Å². The molecule has 1 aromatic rings. The van der Waals surface area contributed by atoms with Crippen LogP contribution in [0.2, 0.25) is 0 Å². The molecule has 8 heavy (non-hydrogen) atoms. The Morgan fingerprint density at radius 2 is 2.38 bits per heavy atom. The van der Waals surface area contributed by atoms with Crippen molar-refractivity contribution in [2.75, 3.05) is 0 Å². The molecular weight excluding hydrogens is 98.1 g/mol. The van der Waals surface area contributed by atoms with Gasteiger partial charge in [-0.1, -0.05) is 12.1 Å². The van der Waals surface area contributed by atoms with Gasteiger partial charge < -0.3 is 5.73 Å². The lowest BCUT2D eigenvalue weighted by Crippen LogP contribution is -1.94. The Bertz CT molecular complexity index is 146. The summed E-state index contributed by atoms with van der Waals surface area (Å²) in [5, 5.41) is 0. The van der Waals surface area contributed by atoms with Gasteiger partial charge in [0.25, 0.3) is 0 Å². The molecule has 2 radical (unpaired) electrons. The first kappa shape index (κ1) is 5.32. The second kappa shape index (κ2) is 2.48. The van der Waals surface area contributed by atoms with E-state index in [4.69, 9.17) is 5.73 Å². The third-order valence-corrected chi connectivity index (χ3v) is 0.926. The van der Waals surface area contributed by atoms with E-state index < -0.39 is 0 Å². The lowest BCUT2D eigenvalue weighted by Gasteiger charge is -1.88. The van der Waals surface area contributed by atoms with Gasteiger partial charge in [-0.05, 0) is 23.8 Å². The van der Waals surface area contributed by atoms with Gasteiger partial charge in [-0.15, -0.1) is 0 Å². The molecule has 0 fully saturated rings. The van der Waals surface area contributed by atoms with Crippen molar-refractivity contribution in [3.8, 4) is 0 Å². The molecule has 0 saturated heterocycles. The Balaban J connectivity index is 2.83. The van der Waals surface area contributed by atoms with E-state index in [9.17, 15) is 0 Å². The van der Waals surface area contributed by atoms with Crippen molar-refractivity contribution in [3.63, 3.8) is 0 Å². The van der Waals surface area contributed by atoms with Gasteiger partial charge in [-0.25, -0.2) is 0 Å². The zero-order valence-electron chi connectivity index (χ0n) is 4.52. The lowest BCUT2D eigenvalue weighted by atomic mass is 10.2. The standard InChI is InChI=1S/C7H7N/c8-6-7-4-2-1-3-5-7/h1-2,5H,6,8H2. The number of benzene rings is 1. The molecule has 1 rings (SSSR count). The fourth-order valence-corrected chi connectivity index (χ4v) is 0.505. The van der Waals surface area contributed by atoms with Crippen molar-refractivity contribution < 1.29 is 0 Å². The average Bonchev–Trinajstić information content (AvgIpc) is 1.90. The Labute approximate surface area is 49.1 Å². The van der Waals surface area contributed by atoms with Crippen molar-refractivity contribution in [2.24, 2.45) is 5.73 Å². The molecule has 1 aromatic carbocycles. The van der Waals surface area contributed by atoms with Crippen LogP contribution in [-0.2, 0) is 6.54 Å². The molecule has 0 spiro atoms. The maximum Gasteiger partial charge on any atom is 0.0184 e. The van der Waals surface area contributed by atoms with Crippen LogP contribution in [0.25, 0.3) is 0 Å². The van der Waals surface area contributed by atoms with Crippen molar-refractivity contribution >= 4 is 0 Å². The van der Waals surface area contributed by atoms with Crippen molar-refractivity contribution in [1.29, 1.82) is 0 Å². The minimum Gasteiger partial charge on any atom is -0.326 e. The minimum atomic E-state index is 0.553. The molecule has 0 bridgehead atoms. The average molecular weight is 105 g/mol. The molecule has 1 nitrogen and oxygen atoms in total. The maximum atomic E-state index is 5.30. The zero-order chi connectivity index (χ0) is 5.82. The summed E-state index contributed by atoms with van der Waals surface area (Å²) < 4.78 is 0. The lowest BCUT2D eigenvalue weighted by molar-refractivity contribution is 1.07. The van der Waals surface area contributed by atoms with Gasteiger partial charge in [0.15, 0.2) is 0 Å². The van der Waals surface area contributed by atoms with Crippen LogP contribution < -0.4 is 5.73 Å². The van der Waals surface area contributed by atoms with Crippen LogP contribution in [0, 0.1) is 12.1 Å². The van der Waals surface area contributed by atoms with E-state index in [2.05, 4.69) is 12.1 Å². The van der Waals surface area contributed by atoms with Crippen molar-refractivity contribution in [3.05, 3.63) is 35.9 Å². The number of rotatable bonds is 1. The molecule has 0 amide bonds. The fourth-order valence-electron chi connectivity index (χ4n) is 0.505. The Hall–Kier alpha value is -0.820. The molecule has 0 aliphatic heterocycles. The Morgan fingerprint density at radius 1 is 1.50 bits per heavy atom. The first-order chi connectivity index (χ1) is 3.93. The smallest absolute Gasteiger partial charge is 0.0184 e. The maximum absolute atomic E-state index is 5.30. The van der Waals surface area contributed by atoms with Gasteiger partial charge in [0.05, 0.1) is 0 Å². The molecular formula is C7H7N. The van der Waals surface area contributed by atoms with Gasteiger partial charge in [0.2, 0.25) is 0 Å². The van der Waals surface area contributed by atoms with Crippen LogP contribution in [0.1, 0.15) is 5.56 Å². The Morgan fingerprint density at radius 3 is 2.75 bits per heavy atom. The predicted molar refractivity (Wildman–Crippen MR) is 32.0 cm³/mol. The van der Waals surface area contributed by atoms with E-state index in [0.29, 0.717) is 6.54 Å². The summed E-state index contributed by atoms with van der Waals surface area (Å²) in [7, 11) is 0. The summed E-state index contributed by atoms with van der Waals surface area (Å²) in [5.41, 5.74) is 6.31. The highest BCUT2D eigenvalue weighted by molar-refractivity contribution is 5.10. The number of nitrogens with two attached hydrogens (primary N) is 1. The summed E-state index contributed by atoms with van der Waals surface area (Å²) >= 11 is 0. The fraction of sp³-hybridized carbons (Fsp3) is 0.143. The second-order valence-corrected chi connectivity index (χ2v) is 1.52. The van der Waals surface area contributed by atoms with E-state index in [1.54, 1.807) is 6.07 Å². The SMILES string of the molecule is NCc1[c]cc[c]c1. The van der Waals surface area contributed by atoms with Gasteiger partial charge in [-0.3, -0.25) is 0 Å². The second-order valence-electron chi connectivity index (χ2n) is 1.52. The monoisotopic (exact) mass is 105 g/mol. The van der Waals surface area contributed by atoms with Crippen LogP contribution in [0.15, 0.2) is 18.2 Å². The van der Waals surface area contributed by atoms with Crippen LogP contribution in [-0.4, -0.2) is 0 Å². The van der Waals surface area contributed by atoms with Crippen LogP contribution in [0.3, 0.4) is 0 Å². The molecule has 0 atom stereocenters. The Kier molecular flexibility index (Phi) is 1.65. The largest absolute Gasteiger partial charge is 0.326 e. The topological polar surface area (TPSA) is 26.0 Å². The van der Waals surface area contributed by atoms with E-state index in [1.807, 2.05) is 12.1 Å². The first-order valence-electron chi connectivity index (χ1n) is 2.50. The number of hydrogen-bond donors (Lipinski definition) is 1. The summed E-state index contributed by atoms with van der Waals surface area (Å²) in [5.74, 6) is 0. The summed E-state index contributed by atoms with van der Waals surface area (Å²) in [6.07, 6.45) is 0. The summed E-state index contributed by atoms with van der Waals surface area (Å²) in [6.45, 7) is 0.553. The minimum absolute atomic E-state index is 0.553. The summed E-state index contributed by atoms with van der Waals surface area (Å²) in [6, 6.07) is 11.3. The van der Waals surface area contributed by atoms with Crippen LogP contribution in [0.4, 0.5) is 0 Å². The highest BCUT2D eigenvalue weighted by Gasteiger charge is 1.81. The third-order valence-electron chi connectivity index (χ3n) is 0.926. The van der Waals surface area contributed by atoms with Gasteiger partial charge in [0.1, 0.15) is 0 Å². The van der Waals surface area contributed by atoms with E-state index in [1.165, 1.54) is 0 Å².